The van der Waals surface area contributed by atoms with Gasteiger partial charge in [-0.3, -0.25) is 14.7 Å². The summed E-state index contributed by atoms with van der Waals surface area (Å²) in [4.78, 5) is 31.1. The maximum Gasteiger partial charge on any atom is 0.273 e. The van der Waals surface area contributed by atoms with Crippen molar-refractivity contribution in [1.82, 2.24) is 31.0 Å². The molecular formula is C29H33N7O4. The van der Waals surface area contributed by atoms with E-state index in [-0.39, 0.29) is 35.4 Å². The number of hydrogen-bond acceptors (Lipinski definition) is 8. The van der Waals surface area contributed by atoms with Crippen LogP contribution >= 0.6 is 0 Å². The Morgan fingerprint density at radius 3 is 2.60 bits per heavy atom. The molecule has 208 valence electrons. The molecule has 2 amide bonds. The van der Waals surface area contributed by atoms with E-state index in [1.54, 1.807) is 20.0 Å². The smallest absolute Gasteiger partial charge is 0.273 e. The molecule has 11 heteroatoms. The topological polar surface area (TPSA) is 149 Å². The summed E-state index contributed by atoms with van der Waals surface area (Å²) in [6, 6.07) is 11.2. The number of rotatable bonds is 8. The number of benzene rings is 1. The van der Waals surface area contributed by atoms with Gasteiger partial charge in [-0.15, -0.1) is 0 Å². The van der Waals surface area contributed by atoms with Gasteiger partial charge in [0, 0.05) is 31.4 Å². The molecule has 0 aliphatic carbocycles. The van der Waals surface area contributed by atoms with Crippen LogP contribution in [0.4, 0.5) is 5.82 Å². The number of aliphatic hydroxyl groups is 1. The predicted octanol–water partition coefficient (Wildman–Crippen LogP) is 3.60. The summed E-state index contributed by atoms with van der Waals surface area (Å²) < 4.78 is 5.11. The number of H-pyrrole nitrogens is 1. The highest BCUT2D eigenvalue weighted by Crippen LogP contribution is 2.35. The number of aromatic nitrogens is 4. The Hall–Kier alpha value is -4.51. The second-order valence-corrected chi connectivity index (χ2v) is 10.6. The first kappa shape index (κ1) is 27.1. The zero-order valence-electron chi connectivity index (χ0n) is 22.8. The molecular weight excluding hydrogens is 510 g/mol. The quantitative estimate of drug-likeness (QED) is 0.246. The highest BCUT2D eigenvalue weighted by molar-refractivity contribution is 6.00. The van der Waals surface area contributed by atoms with Crippen LogP contribution < -0.4 is 15.5 Å². The second-order valence-electron chi connectivity index (χ2n) is 10.6. The summed E-state index contributed by atoms with van der Waals surface area (Å²) in [7, 11) is 0. The molecule has 1 aliphatic heterocycles. The van der Waals surface area contributed by atoms with E-state index < -0.39 is 5.60 Å². The van der Waals surface area contributed by atoms with Gasteiger partial charge in [-0.25, -0.2) is 4.98 Å². The summed E-state index contributed by atoms with van der Waals surface area (Å²) >= 11 is 0. The van der Waals surface area contributed by atoms with Crippen LogP contribution in [0, 0.1) is 0 Å². The zero-order chi connectivity index (χ0) is 28.4. The van der Waals surface area contributed by atoms with Gasteiger partial charge in [-0.1, -0.05) is 36.0 Å². The lowest BCUT2D eigenvalue weighted by Gasteiger charge is -2.32. The Kier molecular flexibility index (Phi) is 7.40. The van der Waals surface area contributed by atoms with Crippen molar-refractivity contribution < 1.29 is 19.2 Å². The number of nitrogens with one attached hydrogen (secondary N) is 3. The minimum atomic E-state index is -1.22. The largest absolute Gasteiger partial charge is 0.382 e. The van der Waals surface area contributed by atoms with Crippen molar-refractivity contribution in [3.8, 4) is 11.1 Å². The first-order chi connectivity index (χ1) is 19.1. The van der Waals surface area contributed by atoms with Crippen LogP contribution in [0.15, 0.2) is 59.8 Å². The van der Waals surface area contributed by atoms with Crippen LogP contribution in [-0.2, 0) is 10.4 Å². The average molecular weight is 544 g/mol. The molecule has 4 heterocycles. The monoisotopic (exact) mass is 543 g/mol. The summed E-state index contributed by atoms with van der Waals surface area (Å²) in [5.41, 5.74) is 2.51. The van der Waals surface area contributed by atoms with E-state index in [0.29, 0.717) is 5.65 Å². The fourth-order valence-corrected chi connectivity index (χ4v) is 4.88. The van der Waals surface area contributed by atoms with Crippen LogP contribution in [-0.4, -0.2) is 56.4 Å². The number of aromatic amines is 1. The van der Waals surface area contributed by atoms with Crippen LogP contribution in [0.3, 0.4) is 0 Å². The molecule has 11 nitrogen and oxygen atoms in total. The number of piperidine rings is 1. The van der Waals surface area contributed by atoms with Gasteiger partial charge in [0.25, 0.3) is 5.91 Å². The lowest BCUT2D eigenvalue weighted by atomic mass is 9.99. The molecule has 1 aromatic carbocycles. The Balaban J connectivity index is 1.31. The first-order valence-electron chi connectivity index (χ1n) is 13.3. The number of fused-ring (bicyclic) bond motifs is 1. The summed E-state index contributed by atoms with van der Waals surface area (Å²) in [6.07, 6.45) is 4.69. The molecule has 0 radical (unpaired) electrons. The van der Waals surface area contributed by atoms with Crippen molar-refractivity contribution in [2.45, 2.75) is 51.3 Å². The van der Waals surface area contributed by atoms with Crippen molar-refractivity contribution in [2.24, 2.45) is 0 Å². The van der Waals surface area contributed by atoms with Gasteiger partial charge in [0.1, 0.15) is 5.60 Å². The molecule has 1 fully saturated rings. The summed E-state index contributed by atoms with van der Waals surface area (Å²) in [5, 5.41) is 28.4. The van der Waals surface area contributed by atoms with Gasteiger partial charge in [0.15, 0.2) is 22.9 Å². The molecule has 0 unspecified atom stereocenters. The number of carbonyl (C=O) groups excluding carboxylic acids is 2. The van der Waals surface area contributed by atoms with Gasteiger partial charge >= 0.3 is 0 Å². The maximum atomic E-state index is 12.7. The van der Waals surface area contributed by atoms with Crippen LogP contribution in [0.25, 0.3) is 22.2 Å². The van der Waals surface area contributed by atoms with E-state index >= 15 is 0 Å². The Labute approximate surface area is 231 Å². The predicted molar refractivity (Wildman–Crippen MR) is 151 cm³/mol. The molecule has 1 aliphatic rings. The summed E-state index contributed by atoms with van der Waals surface area (Å²) in [6.45, 7) is 10.1. The lowest BCUT2D eigenvalue weighted by Crippen LogP contribution is -2.44. The van der Waals surface area contributed by atoms with Gasteiger partial charge in [0.05, 0.1) is 11.4 Å². The zero-order valence-corrected chi connectivity index (χ0v) is 22.8. The van der Waals surface area contributed by atoms with E-state index in [0.717, 1.165) is 53.8 Å². The number of pyridine rings is 1. The van der Waals surface area contributed by atoms with Crippen LogP contribution in [0.1, 0.15) is 61.5 Å². The second kappa shape index (κ2) is 10.9. The fourth-order valence-electron chi connectivity index (χ4n) is 4.88. The molecule has 3 aromatic heterocycles. The van der Waals surface area contributed by atoms with Gasteiger partial charge in [-0.2, -0.15) is 5.10 Å². The van der Waals surface area contributed by atoms with E-state index in [9.17, 15) is 14.7 Å². The normalized spacial score (nSPS) is 15.2. The molecule has 1 atom stereocenters. The molecule has 1 saturated heterocycles. The minimum Gasteiger partial charge on any atom is -0.382 e. The summed E-state index contributed by atoms with van der Waals surface area (Å²) in [5.74, 6) is 0.531. The molecule has 0 bridgehead atoms. The van der Waals surface area contributed by atoms with Crippen molar-refractivity contribution in [3.05, 3.63) is 72.3 Å². The molecule has 5 rings (SSSR count). The number of amides is 2. The standard InChI is InChI=1S/C29H33N7O4/c1-5-24(37)32-20-11-14-36(15-12-20)27-25-21(10-13-30-26(25)33-34-27)19-8-6-18(7-9-19)17(2)31-28(38)22-16-23(40-35-22)29(3,4)39/h5-10,13,16-17,20,39H,1,11-12,14-15H2,2-4H3,(H,31,38)(H,32,37)(H,30,33,34)/t17-/m1/s1. The lowest BCUT2D eigenvalue weighted by molar-refractivity contribution is -0.117. The molecule has 40 heavy (non-hydrogen) atoms. The van der Waals surface area contributed by atoms with Gasteiger partial charge in [-0.05, 0) is 62.4 Å². The Morgan fingerprint density at radius 2 is 1.95 bits per heavy atom. The Bertz CT molecular complexity index is 1530. The number of nitrogens with zero attached hydrogens (tertiary/aromatic N) is 4. The van der Waals surface area contributed by atoms with Crippen molar-refractivity contribution in [1.29, 1.82) is 0 Å². The Morgan fingerprint density at radius 1 is 1.23 bits per heavy atom. The van der Waals surface area contributed by atoms with Crippen LogP contribution in [0.2, 0.25) is 0 Å². The van der Waals surface area contributed by atoms with E-state index in [4.69, 9.17) is 4.52 Å². The molecule has 0 spiro atoms. The number of carbonyl (C=O) groups is 2. The van der Waals surface area contributed by atoms with Crippen molar-refractivity contribution in [2.75, 3.05) is 18.0 Å². The maximum absolute atomic E-state index is 12.7. The third-order valence-corrected chi connectivity index (χ3v) is 7.18. The highest BCUT2D eigenvalue weighted by atomic mass is 16.5. The highest BCUT2D eigenvalue weighted by Gasteiger charge is 2.26. The molecule has 0 saturated carbocycles. The van der Waals surface area contributed by atoms with Gasteiger partial charge in [0.2, 0.25) is 5.91 Å². The number of hydrogen-bond donors (Lipinski definition) is 4. The third-order valence-electron chi connectivity index (χ3n) is 7.18. The third kappa shape index (κ3) is 5.59. The first-order valence-corrected chi connectivity index (χ1v) is 13.3. The molecule has 4 N–H and O–H groups in total. The van der Waals surface area contributed by atoms with E-state index in [2.05, 4.69) is 42.5 Å². The molecule has 4 aromatic rings. The minimum absolute atomic E-state index is 0.111. The van der Waals surface area contributed by atoms with Crippen molar-refractivity contribution in [3.63, 3.8) is 0 Å². The van der Waals surface area contributed by atoms with Crippen LogP contribution in [0.5, 0.6) is 0 Å². The van der Waals surface area contributed by atoms with E-state index in [1.807, 2.05) is 37.3 Å². The van der Waals surface area contributed by atoms with Gasteiger partial charge < -0.3 is 25.2 Å². The number of anilines is 1. The SMILES string of the molecule is C=CC(=O)NC1CCN(c2n[nH]c3nccc(-c4ccc([C@@H](C)NC(=O)c5cc(C(C)(C)O)on5)cc4)c23)CC1. The van der Waals surface area contributed by atoms with Crippen molar-refractivity contribution >= 4 is 28.7 Å². The average Bonchev–Trinajstić information content (AvgIpc) is 3.62. The van der Waals surface area contributed by atoms with E-state index in [1.165, 1.54) is 12.1 Å². The fraction of sp³-hybridized carbons (Fsp3) is 0.345.